The minimum Gasteiger partial charge on any atom is -0.450 e. The van der Waals surface area contributed by atoms with Crippen molar-refractivity contribution in [3.63, 3.8) is 0 Å². The van der Waals surface area contributed by atoms with Crippen LogP contribution in [0.4, 0.5) is 10.6 Å². The van der Waals surface area contributed by atoms with E-state index in [-0.39, 0.29) is 6.09 Å². The van der Waals surface area contributed by atoms with Crippen molar-refractivity contribution >= 4 is 46.0 Å². The lowest BCUT2D eigenvalue weighted by Gasteiger charge is -2.35. The van der Waals surface area contributed by atoms with Crippen LogP contribution in [0.25, 0.3) is 22.3 Å². The number of piperazine rings is 1. The molecule has 1 aliphatic heterocycles. The summed E-state index contributed by atoms with van der Waals surface area (Å²) in [5.74, 6) is 1.35. The highest BCUT2D eigenvalue weighted by Gasteiger charge is 2.25. The van der Waals surface area contributed by atoms with Crippen LogP contribution < -0.4 is 4.90 Å². The highest BCUT2D eigenvalue weighted by atomic mass is 35.5. The number of hydrogen-bond acceptors (Lipinski definition) is 5. The van der Waals surface area contributed by atoms with Gasteiger partial charge >= 0.3 is 6.09 Å². The average Bonchev–Trinajstić information content (AvgIpc) is 2.74. The van der Waals surface area contributed by atoms with Crippen molar-refractivity contribution in [2.45, 2.75) is 6.92 Å². The number of nitrogens with zero attached hydrogens (tertiary/aromatic N) is 4. The number of carbonyl (C=O) groups is 1. The van der Waals surface area contributed by atoms with Gasteiger partial charge in [0, 0.05) is 42.2 Å². The summed E-state index contributed by atoms with van der Waals surface area (Å²) in [6.07, 6.45) is -0.278. The number of aromatic nitrogens is 2. The molecule has 0 bridgehead atoms. The molecule has 0 radical (unpaired) electrons. The zero-order chi connectivity index (χ0) is 20.4. The lowest BCUT2D eigenvalue weighted by molar-refractivity contribution is 0.105. The molecule has 8 heteroatoms. The summed E-state index contributed by atoms with van der Waals surface area (Å²) in [5, 5.41) is 2.09. The molecule has 1 amide bonds. The second-order valence-electron chi connectivity index (χ2n) is 6.69. The molecular weight excluding hydrogens is 411 g/mol. The maximum Gasteiger partial charge on any atom is 0.409 e. The summed E-state index contributed by atoms with van der Waals surface area (Å²) in [4.78, 5) is 25.4. The Kier molecular flexibility index (Phi) is 5.74. The predicted octanol–water partition coefficient (Wildman–Crippen LogP) is 4.88. The summed E-state index contributed by atoms with van der Waals surface area (Å²) in [6.45, 7) is 4.58. The van der Waals surface area contributed by atoms with Crippen LogP contribution in [0.2, 0.25) is 10.0 Å². The van der Waals surface area contributed by atoms with Gasteiger partial charge in [0.25, 0.3) is 0 Å². The highest BCUT2D eigenvalue weighted by molar-refractivity contribution is 6.33. The molecule has 2 heterocycles. The van der Waals surface area contributed by atoms with Gasteiger partial charge in [0.1, 0.15) is 5.82 Å². The molecule has 6 nitrogen and oxygen atoms in total. The normalized spacial score (nSPS) is 14.3. The van der Waals surface area contributed by atoms with E-state index in [1.54, 1.807) is 11.8 Å². The minimum absolute atomic E-state index is 0.278. The van der Waals surface area contributed by atoms with E-state index in [1.807, 2.05) is 42.5 Å². The first-order valence-corrected chi connectivity index (χ1v) is 10.2. The maximum absolute atomic E-state index is 12.0. The molecule has 0 saturated carbocycles. The van der Waals surface area contributed by atoms with Gasteiger partial charge in [-0.2, -0.15) is 0 Å². The monoisotopic (exact) mass is 430 g/mol. The molecule has 0 spiro atoms. The van der Waals surface area contributed by atoms with Crippen molar-refractivity contribution in [1.82, 2.24) is 14.9 Å². The number of benzene rings is 2. The smallest absolute Gasteiger partial charge is 0.409 e. The van der Waals surface area contributed by atoms with Gasteiger partial charge < -0.3 is 14.5 Å². The fourth-order valence-electron chi connectivity index (χ4n) is 3.40. The van der Waals surface area contributed by atoms with Crippen LogP contribution in [0.3, 0.4) is 0 Å². The van der Waals surface area contributed by atoms with Gasteiger partial charge in [-0.25, -0.2) is 14.8 Å². The lowest BCUT2D eigenvalue weighted by atomic mass is 10.1. The second-order valence-corrected chi connectivity index (χ2v) is 7.53. The van der Waals surface area contributed by atoms with Crippen LogP contribution in [0.1, 0.15) is 6.92 Å². The number of rotatable bonds is 3. The summed E-state index contributed by atoms with van der Waals surface area (Å²) in [5.41, 5.74) is 1.57. The Morgan fingerprint density at radius 1 is 1.07 bits per heavy atom. The quantitative estimate of drug-likeness (QED) is 0.592. The molecule has 0 N–H and O–H groups in total. The van der Waals surface area contributed by atoms with Crippen molar-refractivity contribution in [1.29, 1.82) is 0 Å². The lowest BCUT2D eigenvalue weighted by Crippen LogP contribution is -2.49. The van der Waals surface area contributed by atoms with E-state index in [0.29, 0.717) is 48.7 Å². The summed E-state index contributed by atoms with van der Waals surface area (Å²) in [7, 11) is 0. The molecule has 0 unspecified atom stereocenters. The number of ether oxygens (including phenoxy) is 1. The Bertz CT molecular complexity index is 1050. The first-order valence-electron chi connectivity index (χ1n) is 9.45. The first-order chi connectivity index (χ1) is 14.1. The minimum atomic E-state index is -0.278. The fraction of sp³-hybridized carbons (Fsp3) is 0.286. The Hall–Kier alpha value is -2.57. The molecule has 1 fully saturated rings. The van der Waals surface area contributed by atoms with Gasteiger partial charge in [-0.3, -0.25) is 0 Å². The molecule has 29 heavy (non-hydrogen) atoms. The zero-order valence-corrected chi connectivity index (χ0v) is 17.5. The van der Waals surface area contributed by atoms with Crippen molar-refractivity contribution in [3.05, 3.63) is 52.5 Å². The van der Waals surface area contributed by atoms with E-state index in [4.69, 9.17) is 37.9 Å². The van der Waals surface area contributed by atoms with Crippen LogP contribution in [0.5, 0.6) is 0 Å². The van der Waals surface area contributed by atoms with Crippen molar-refractivity contribution < 1.29 is 9.53 Å². The molecule has 0 atom stereocenters. The molecule has 150 valence electrons. The number of amides is 1. The van der Waals surface area contributed by atoms with E-state index in [1.165, 1.54) is 0 Å². The first kappa shape index (κ1) is 19.7. The van der Waals surface area contributed by atoms with Crippen LogP contribution in [-0.2, 0) is 4.74 Å². The van der Waals surface area contributed by atoms with Gasteiger partial charge in [-0.15, -0.1) is 0 Å². The molecule has 1 saturated heterocycles. The van der Waals surface area contributed by atoms with Crippen LogP contribution >= 0.6 is 23.2 Å². The molecule has 1 aliphatic rings. The molecule has 1 aromatic heterocycles. The van der Waals surface area contributed by atoms with E-state index < -0.39 is 0 Å². The number of halogens is 2. The van der Waals surface area contributed by atoms with Crippen LogP contribution in [0.15, 0.2) is 42.5 Å². The molecular formula is C21H20Cl2N4O2. The Balaban J connectivity index is 1.72. The van der Waals surface area contributed by atoms with Gasteiger partial charge in [0.05, 0.1) is 17.1 Å². The van der Waals surface area contributed by atoms with Gasteiger partial charge in [0.2, 0.25) is 0 Å². The number of hydrogen-bond donors (Lipinski definition) is 0. The molecule has 3 aromatic rings. The standard InChI is InChI=1S/C21H20Cl2N4O2/c1-2-29-21(28)27-11-9-26(10-12-27)20-16-13-14(22)7-8-18(16)24-19(25-20)15-5-3-4-6-17(15)23/h3-8,13H,2,9-12H2,1H3. The van der Waals surface area contributed by atoms with Crippen molar-refractivity contribution in [2.24, 2.45) is 0 Å². The topological polar surface area (TPSA) is 58.6 Å². The summed E-state index contributed by atoms with van der Waals surface area (Å²) in [6, 6.07) is 13.1. The Morgan fingerprint density at radius 2 is 1.83 bits per heavy atom. The number of fused-ring (bicyclic) bond motifs is 1. The van der Waals surface area contributed by atoms with Crippen LogP contribution in [0, 0.1) is 0 Å². The van der Waals surface area contributed by atoms with E-state index in [0.717, 1.165) is 22.3 Å². The largest absolute Gasteiger partial charge is 0.450 e. The summed E-state index contributed by atoms with van der Waals surface area (Å²) >= 11 is 12.6. The average molecular weight is 431 g/mol. The van der Waals surface area contributed by atoms with Gasteiger partial charge in [-0.1, -0.05) is 35.3 Å². The molecule has 2 aromatic carbocycles. The maximum atomic E-state index is 12.0. The fourth-order valence-corrected chi connectivity index (χ4v) is 3.80. The van der Waals surface area contributed by atoms with E-state index in [9.17, 15) is 4.79 Å². The third-order valence-corrected chi connectivity index (χ3v) is 5.42. The summed E-state index contributed by atoms with van der Waals surface area (Å²) < 4.78 is 5.11. The van der Waals surface area contributed by atoms with E-state index in [2.05, 4.69) is 4.90 Å². The van der Waals surface area contributed by atoms with Crippen LogP contribution in [-0.4, -0.2) is 53.7 Å². The molecule has 0 aliphatic carbocycles. The number of carbonyl (C=O) groups excluding carboxylic acids is 1. The van der Waals surface area contributed by atoms with E-state index >= 15 is 0 Å². The second kappa shape index (κ2) is 8.43. The Labute approximate surface area is 179 Å². The molecule has 4 rings (SSSR count). The highest BCUT2D eigenvalue weighted by Crippen LogP contribution is 2.32. The zero-order valence-electron chi connectivity index (χ0n) is 15.9. The number of anilines is 1. The van der Waals surface area contributed by atoms with Gasteiger partial charge in [0.15, 0.2) is 5.82 Å². The third kappa shape index (κ3) is 4.09. The Morgan fingerprint density at radius 3 is 2.55 bits per heavy atom. The predicted molar refractivity (Wildman–Crippen MR) is 116 cm³/mol. The van der Waals surface area contributed by atoms with Gasteiger partial charge in [-0.05, 0) is 37.3 Å². The van der Waals surface area contributed by atoms with Crippen molar-refractivity contribution in [2.75, 3.05) is 37.7 Å². The van der Waals surface area contributed by atoms with Crippen molar-refractivity contribution in [3.8, 4) is 11.4 Å². The SMILES string of the molecule is CCOC(=O)N1CCN(c2nc(-c3ccccc3Cl)nc3ccc(Cl)cc23)CC1. The third-order valence-electron chi connectivity index (χ3n) is 4.86.